The minimum atomic E-state index is -1.37. The topological polar surface area (TPSA) is 108 Å². The molecule has 3 aromatic carbocycles. The van der Waals surface area contributed by atoms with E-state index in [1.807, 2.05) is 12.1 Å². The highest BCUT2D eigenvalue weighted by atomic mass is 35.5. The Bertz CT molecular complexity index is 1190. The molecule has 0 bridgehead atoms. The number of anilines is 2. The lowest BCUT2D eigenvalue weighted by atomic mass is 10.0. The molecule has 9 heteroatoms. The Balaban J connectivity index is 1.64. The molecule has 0 saturated carbocycles. The number of carboxylic acid groups (broad SMARTS) is 1. The van der Waals surface area contributed by atoms with Gasteiger partial charge in [0.25, 0.3) is 5.91 Å². The number of carbonyl (C=O) groups excluding carboxylic acids is 2. The molecule has 0 aromatic heterocycles. The molecule has 3 amide bonds. The second kappa shape index (κ2) is 9.94. The zero-order valence-corrected chi connectivity index (χ0v) is 19.3. The Kier molecular flexibility index (Phi) is 7.26. The Labute approximate surface area is 200 Å². The zero-order valence-electron chi connectivity index (χ0n) is 17.8. The van der Waals surface area contributed by atoms with E-state index >= 15 is 0 Å². The van der Waals surface area contributed by atoms with Crippen LogP contribution in [0, 0.1) is 0 Å². The van der Waals surface area contributed by atoms with Crippen LogP contribution in [0.5, 0.6) is 0 Å². The normalized spacial score (nSPS) is 10.9. The van der Waals surface area contributed by atoms with Crippen LogP contribution in [-0.2, 0) is 4.79 Å². The van der Waals surface area contributed by atoms with E-state index in [0.717, 1.165) is 11.1 Å². The number of halogens is 2. The fraction of sp³-hybridized carbons (Fsp3) is 0.125. The number of urea groups is 1. The van der Waals surface area contributed by atoms with E-state index in [-0.39, 0.29) is 0 Å². The molecule has 3 rings (SSSR count). The van der Waals surface area contributed by atoms with E-state index in [9.17, 15) is 14.4 Å². The number of carbonyl (C=O) groups is 3. The van der Waals surface area contributed by atoms with Crippen LogP contribution in [0.3, 0.4) is 0 Å². The van der Waals surface area contributed by atoms with E-state index in [2.05, 4.69) is 16.0 Å². The molecule has 4 N–H and O–H groups in total. The number of nitrogens with one attached hydrogen (secondary N) is 3. The Morgan fingerprint density at radius 1 is 0.818 bits per heavy atom. The highest BCUT2D eigenvalue weighted by Crippen LogP contribution is 2.26. The predicted molar refractivity (Wildman–Crippen MR) is 130 cm³/mol. The maximum Gasteiger partial charge on any atom is 0.328 e. The van der Waals surface area contributed by atoms with Gasteiger partial charge in [0.15, 0.2) is 0 Å². The van der Waals surface area contributed by atoms with Gasteiger partial charge in [0, 0.05) is 16.3 Å². The minimum absolute atomic E-state index is 0.350. The number of hydrogen-bond donors (Lipinski definition) is 4. The lowest BCUT2D eigenvalue weighted by Gasteiger charge is -2.21. The molecule has 3 aromatic rings. The fourth-order valence-corrected chi connectivity index (χ4v) is 3.18. The second-order valence-electron chi connectivity index (χ2n) is 7.74. The number of rotatable bonds is 6. The van der Waals surface area contributed by atoms with Crippen molar-refractivity contribution in [2.24, 2.45) is 0 Å². The summed E-state index contributed by atoms with van der Waals surface area (Å²) in [6.45, 7) is 2.84. The first-order valence-electron chi connectivity index (χ1n) is 9.84. The fourth-order valence-electron chi connectivity index (χ4n) is 2.85. The number of amides is 3. The first kappa shape index (κ1) is 24.1. The van der Waals surface area contributed by atoms with Gasteiger partial charge in [-0.05, 0) is 67.4 Å². The standard InChI is InChI=1S/C24H21Cl2N3O4/c1-24(2,22(31)32)29-21(30)16-5-3-14(4-6-16)15-7-10-18(11-8-15)27-23(33)28-20-13-17(25)9-12-19(20)26/h3-13H,1-2H3,(H,29,30)(H,31,32)(H2,27,28,33). The SMILES string of the molecule is CC(C)(NC(=O)c1ccc(-c2ccc(NC(=O)Nc3cc(Cl)ccc3Cl)cc2)cc1)C(=O)O. The van der Waals surface area contributed by atoms with Gasteiger partial charge in [-0.2, -0.15) is 0 Å². The summed E-state index contributed by atoms with van der Waals surface area (Å²) in [4.78, 5) is 35.7. The maximum atomic E-state index is 12.3. The van der Waals surface area contributed by atoms with Crippen molar-refractivity contribution in [1.29, 1.82) is 0 Å². The molecular formula is C24H21Cl2N3O4. The molecule has 170 valence electrons. The van der Waals surface area contributed by atoms with Crippen LogP contribution >= 0.6 is 23.2 Å². The smallest absolute Gasteiger partial charge is 0.328 e. The average molecular weight is 486 g/mol. The Morgan fingerprint density at radius 3 is 1.97 bits per heavy atom. The molecule has 0 saturated heterocycles. The molecule has 0 aliphatic heterocycles. The molecule has 0 heterocycles. The molecule has 0 atom stereocenters. The van der Waals surface area contributed by atoms with Crippen LogP contribution in [0.15, 0.2) is 66.7 Å². The molecule has 0 radical (unpaired) electrons. The maximum absolute atomic E-state index is 12.3. The lowest BCUT2D eigenvalue weighted by molar-refractivity contribution is -0.143. The van der Waals surface area contributed by atoms with Crippen molar-refractivity contribution in [2.75, 3.05) is 10.6 Å². The molecular weight excluding hydrogens is 465 g/mol. The van der Waals surface area contributed by atoms with Crippen LogP contribution < -0.4 is 16.0 Å². The van der Waals surface area contributed by atoms with E-state index in [4.69, 9.17) is 28.3 Å². The molecule has 7 nitrogen and oxygen atoms in total. The zero-order chi connectivity index (χ0) is 24.2. The van der Waals surface area contributed by atoms with Crippen LogP contribution in [0.4, 0.5) is 16.2 Å². The monoisotopic (exact) mass is 485 g/mol. The Hall–Kier alpha value is -3.55. The van der Waals surface area contributed by atoms with Gasteiger partial charge in [-0.3, -0.25) is 4.79 Å². The first-order chi connectivity index (χ1) is 15.5. The van der Waals surface area contributed by atoms with Crippen molar-refractivity contribution in [3.8, 4) is 11.1 Å². The van der Waals surface area contributed by atoms with Crippen molar-refractivity contribution in [3.63, 3.8) is 0 Å². The average Bonchev–Trinajstić information content (AvgIpc) is 2.76. The van der Waals surface area contributed by atoms with Gasteiger partial charge in [-0.15, -0.1) is 0 Å². The summed E-state index contributed by atoms with van der Waals surface area (Å²) in [5.74, 6) is -1.59. The highest BCUT2D eigenvalue weighted by Gasteiger charge is 2.29. The summed E-state index contributed by atoms with van der Waals surface area (Å²) < 4.78 is 0. The van der Waals surface area contributed by atoms with E-state index < -0.39 is 23.4 Å². The van der Waals surface area contributed by atoms with Gasteiger partial charge in [0.05, 0.1) is 10.7 Å². The number of aliphatic carboxylic acids is 1. The van der Waals surface area contributed by atoms with E-state index in [1.54, 1.807) is 54.6 Å². The quantitative estimate of drug-likeness (QED) is 0.348. The third-order valence-corrected chi connectivity index (χ3v) is 5.33. The molecule has 33 heavy (non-hydrogen) atoms. The van der Waals surface area contributed by atoms with Crippen LogP contribution in [-0.4, -0.2) is 28.6 Å². The molecule has 0 fully saturated rings. The third-order valence-electron chi connectivity index (χ3n) is 4.76. The van der Waals surface area contributed by atoms with Crippen molar-refractivity contribution in [1.82, 2.24) is 5.32 Å². The predicted octanol–water partition coefficient (Wildman–Crippen LogP) is 5.90. The molecule has 0 unspecified atom stereocenters. The molecule has 0 spiro atoms. The summed E-state index contributed by atoms with van der Waals surface area (Å²) in [6, 6.07) is 18.2. The summed E-state index contributed by atoms with van der Waals surface area (Å²) in [5.41, 5.74) is 1.67. The summed E-state index contributed by atoms with van der Waals surface area (Å²) in [5, 5.41) is 17.8. The van der Waals surface area contributed by atoms with E-state index in [0.29, 0.717) is 27.0 Å². The first-order valence-corrected chi connectivity index (χ1v) is 10.6. The molecule has 0 aliphatic rings. The van der Waals surface area contributed by atoms with Crippen LogP contribution in [0.25, 0.3) is 11.1 Å². The van der Waals surface area contributed by atoms with Crippen LogP contribution in [0.1, 0.15) is 24.2 Å². The summed E-state index contributed by atoms with van der Waals surface area (Å²) in [6.07, 6.45) is 0. The Morgan fingerprint density at radius 2 is 1.39 bits per heavy atom. The van der Waals surface area contributed by atoms with Crippen molar-refractivity contribution < 1.29 is 19.5 Å². The van der Waals surface area contributed by atoms with Crippen molar-refractivity contribution in [2.45, 2.75) is 19.4 Å². The molecule has 0 aliphatic carbocycles. The van der Waals surface area contributed by atoms with Gasteiger partial charge < -0.3 is 21.1 Å². The van der Waals surface area contributed by atoms with Crippen molar-refractivity contribution >= 4 is 52.5 Å². The summed E-state index contributed by atoms with van der Waals surface area (Å²) in [7, 11) is 0. The number of carboxylic acids is 1. The van der Waals surface area contributed by atoms with Gasteiger partial charge in [0.2, 0.25) is 0 Å². The third kappa shape index (κ3) is 6.25. The van der Waals surface area contributed by atoms with Gasteiger partial charge in [-0.1, -0.05) is 47.5 Å². The van der Waals surface area contributed by atoms with Gasteiger partial charge >= 0.3 is 12.0 Å². The largest absolute Gasteiger partial charge is 0.480 e. The number of benzene rings is 3. The van der Waals surface area contributed by atoms with Crippen LogP contribution in [0.2, 0.25) is 10.0 Å². The second-order valence-corrected chi connectivity index (χ2v) is 8.59. The summed E-state index contributed by atoms with van der Waals surface area (Å²) >= 11 is 12.0. The highest BCUT2D eigenvalue weighted by molar-refractivity contribution is 6.35. The van der Waals surface area contributed by atoms with Gasteiger partial charge in [-0.25, -0.2) is 9.59 Å². The number of hydrogen-bond acceptors (Lipinski definition) is 3. The van der Waals surface area contributed by atoms with E-state index in [1.165, 1.54) is 13.8 Å². The van der Waals surface area contributed by atoms with Gasteiger partial charge in [0.1, 0.15) is 5.54 Å². The van der Waals surface area contributed by atoms with Crippen molar-refractivity contribution in [3.05, 3.63) is 82.3 Å². The minimum Gasteiger partial charge on any atom is -0.480 e. The lowest BCUT2D eigenvalue weighted by Crippen LogP contribution is -2.49.